The predicted molar refractivity (Wildman–Crippen MR) is 273 cm³/mol. The number of benzene rings is 3. The van der Waals surface area contributed by atoms with Crippen LogP contribution in [0, 0.1) is 11.8 Å². The predicted octanol–water partition coefficient (Wildman–Crippen LogP) is 11.7. The molecule has 5 atom stereocenters. The van der Waals surface area contributed by atoms with Crippen molar-refractivity contribution in [3.63, 3.8) is 0 Å². The number of carbonyl (C=O) groups excluding carboxylic acids is 3. The maximum atomic E-state index is 11.8. The van der Waals surface area contributed by atoms with Gasteiger partial charge in [0.25, 0.3) is 0 Å². The van der Waals surface area contributed by atoms with Gasteiger partial charge in [-0.2, -0.15) is 15.3 Å². The summed E-state index contributed by atoms with van der Waals surface area (Å²) < 4.78 is 17.5. The number of fused-ring (bicyclic) bond motifs is 9. The molecule has 0 bridgehead atoms. The van der Waals surface area contributed by atoms with Crippen LogP contribution in [0.4, 0.5) is 0 Å². The molecule has 0 unspecified atom stereocenters. The van der Waals surface area contributed by atoms with E-state index in [4.69, 9.17) is 18.0 Å². The van der Waals surface area contributed by atoms with Crippen molar-refractivity contribution in [2.45, 2.75) is 116 Å². The first-order valence-electron chi connectivity index (χ1n) is 25.8. The molecule has 68 heavy (non-hydrogen) atoms. The fraction of sp³-hybridized carbons (Fsp3) is 0.390. The molecule has 0 radical (unpaired) electrons. The minimum Gasteiger partial charge on any atom is -0.300 e. The van der Waals surface area contributed by atoms with E-state index in [1.54, 1.807) is 18.2 Å². The molecule has 6 aromatic rings. The standard InChI is InChI=1S/C19H22N2O.C19H20N2O.C19H18N2O.2CH4/c3*1-19-11-10-15(22)12-14(19)8-9-16-17(21(2)20-18(16)19)13-6-4-3-5-7-13;;/h3-7,14H,8-12H2,1-2H3;3-7,10-11,14H,8-9,12H2,1-2H3;3-7,10-12H,8-9H2,1-2H3;2*1H4/t2*14-,19-;19-;;/m000../s1/i;;;2*1T. The van der Waals surface area contributed by atoms with Gasteiger partial charge in [-0.05, 0) is 81.9 Å². The Hall–Kier alpha value is -6.48. The Morgan fingerprint density at radius 2 is 1.04 bits per heavy atom. The third-order valence-electron chi connectivity index (χ3n) is 16.0. The van der Waals surface area contributed by atoms with Gasteiger partial charge in [0.1, 0.15) is 5.78 Å². The molecule has 352 valence electrons. The van der Waals surface area contributed by atoms with Crippen molar-refractivity contribution in [1.29, 1.82) is 0 Å². The molecule has 6 aliphatic rings. The van der Waals surface area contributed by atoms with E-state index in [0.717, 1.165) is 62.8 Å². The van der Waals surface area contributed by atoms with Crippen LogP contribution in [0.5, 0.6) is 0 Å². The smallest absolute Gasteiger partial charge is 0.178 e. The quantitative estimate of drug-likeness (QED) is 0.175. The van der Waals surface area contributed by atoms with Crippen molar-refractivity contribution in [3.8, 4) is 33.8 Å². The number of allylic oxidation sites excluding steroid dienone is 6. The molecule has 3 heterocycles. The summed E-state index contributed by atoms with van der Waals surface area (Å²) in [5.74, 6) is 1.64. The van der Waals surface area contributed by atoms with E-state index in [9.17, 15) is 14.4 Å². The summed E-state index contributed by atoms with van der Waals surface area (Å²) in [5, 5.41) is 14.6. The monoisotopic (exact) mass is 913 g/mol. The molecule has 0 N–H and O–H groups in total. The number of hydrogen-bond donors (Lipinski definition) is 0. The molecule has 3 aromatic carbocycles. The lowest BCUT2D eigenvalue weighted by Gasteiger charge is -2.43. The zero-order valence-corrected chi connectivity index (χ0v) is 41.2. The number of aryl methyl sites for hydroxylation is 3. The Morgan fingerprint density at radius 1 is 0.559 bits per heavy atom. The maximum absolute atomic E-state index is 11.8. The van der Waals surface area contributed by atoms with Crippen LogP contribution in [-0.4, -0.2) is 46.7 Å². The molecular weight excluding hydrogens is 841 g/mol. The Balaban J connectivity index is 0.000000136. The highest BCUT2D eigenvalue weighted by Gasteiger charge is 2.48. The van der Waals surface area contributed by atoms with Gasteiger partial charge in [-0.1, -0.05) is 137 Å². The maximum Gasteiger partial charge on any atom is 0.178 e. The third-order valence-corrected chi connectivity index (χ3v) is 16.0. The number of carbonyl (C=O) groups is 3. The van der Waals surface area contributed by atoms with E-state index in [2.05, 4.69) is 106 Å². The van der Waals surface area contributed by atoms with Gasteiger partial charge in [0.15, 0.2) is 11.6 Å². The summed E-state index contributed by atoms with van der Waals surface area (Å²) in [4.78, 5) is 35.3. The first-order valence-corrected chi connectivity index (χ1v) is 23.8. The van der Waals surface area contributed by atoms with Crippen molar-refractivity contribution in [2.75, 3.05) is 0 Å². The van der Waals surface area contributed by atoms with Crippen molar-refractivity contribution in [2.24, 2.45) is 33.0 Å². The first-order chi connectivity index (χ1) is 33.8. The lowest BCUT2D eigenvalue weighted by Crippen LogP contribution is -2.42. The van der Waals surface area contributed by atoms with Crippen LogP contribution in [-0.2, 0) is 71.0 Å². The van der Waals surface area contributed by atoms with Gasteiger partial charge in [-0.15, -0.1) is 0 Å². The van der Waals surface area contributed by atoms with Crippen LogP contribution in [0.3, 0.4) is 0 Å². The summed E-state index contributed by atoms with van der Waals surface area (Å²) in [7, 11) is 8.58. The Labute approximate surface area is 405 Å². The van der Waals surface area contributed by atoms with Crippen LogP contribution < -0.4 is 0 Å². The SMILES string of the molecule is Cn1nc2c(c1-c1ccccc1)CCC1=CC(=O)C=C[C@@]12C.Cn1nc2c(c1-c1ccccc1)CC[C@H]1CC(=O)C=C[C@]21C.Cn1nc2c(c1-c1ccccc1)CC[C@H]1CC(=O)CC[C@]21C.[3H]C.[3H]C. The van der Waals surface area contributed by atoms with Gasteiger partial charge in [0.2, 0.25) is 0 Å². The van der Waals surface area contributed by atoms with Crippen LogP contribution in [0.15, 0.2) is 127 Å². The highest BCUT2D eigenvalue weighted by molar-refractivity contribution is 6.01. The van der Waals surface area contributed by atoms with Gasteiger partial charge < -0.3 is 0 Å². The average Bonchev–Trinajstić information content (AvgIpc) is 4.05. The zero-order valence-electron chi connectivity index (χ0n) is 43.2. The van der Waals surface area contributed by atoms with E-state index < -0.39 is 0 Å². The molecule has 9 nitrogen and oxygen atoms in total. The number of Topliss-reactive ketones (excluding diaryl/α,β-unsaturated/α-hetero) is 1. The van der Waals surface area contributed by atoms with Crippen molar-refractivity contribution >= 4 is 17.3 Å². The van der Waals surface area contributed by atoms with E-state index in [1.807, 2.05) is 53.4 Å². The Kier molecular flexibility index (Phi) is 12.4. The largest absolute Gasteiger partial charge is 0.300 e. The topological polar surface area (TPSA) is 105 Å². The van der Waals surface area contributed by atoms with Crippen molar-refractivity contribution in [1.82, 2.24) is 29.3 Å². The minimum absolute atomic E-state index is 0.0757. The van der Waals surface area contributed by atoms with Gasteiger partial charge in [-0.25, -0.2) is 0 Å². The van der Waals surface area contributed by atoms with Gasteiger partial charge in [0.05, 0.1) is 39.6 Å². The first kappa shape index (κ1) is 45.3. The molecule has 0 aliphatic heterocycles. The molecule has 1 fully saturated rings. The molecule has 0 amide bonds. The second kappa shape index (κ2) is 18.5. The number of hydrogen-bond acceptors (Lipinski definition) is 6. The number of nitrogens with zero attached hydrogens (tertiary/aromatic N) is 6. The lowest BCUT2D eigenvalue weighted by molar-refractivity contribution is -0.123. The van der Waals surface area contributed by atoms with E-state index in [-0.39, 0.29) is 27.8 Å². The van der Waals surface area contributed by atoms with Gasteiger partial charge in [-0.3, -0.25) is 28.4 Å². The normalized spacial score (nSPS) is 25.1. The fourth-order valence-corrected chi connectivity index (χ4v) is 12.3. The Morgan fingerprint density at radius 3 is 1.60 bits per heavy atom. The fourth-order valence-electron chi connectivity index (χ4n) is 12.3. The highest BCUT2D eigenvalue weighted by atomic mass is 16.1. The average molecular weight is 913 g/mol. The molecule has 12 rings (SSSR count). The van der Waals surface area contributed by atoms with Crippen LogP contribution in [0.1, 0.15) is 117 Å². The van der Waals surface area contributed by atoms with Crippen LogP contribution in [0.2, 0.25) is 0 Å². The molecular formula is C59H68N6O3. The summed E-state index contributed by atoms with van der Waals surface area (Å²) >= 11 is 0. The molecule has 0 spiro atoms. The molecule has 1 saturated carbocycles. The van der Waals surface area contributed by atoms with Crippen LogP contribution >= 0.6 is 0 Å². The lowest BCUT2D eigenvalue weighted by atomic mass is 9.60. The molecule has 9 heteroatoms. The Bertz CT molecular complexity index is 2980. The van der Waals surface area contributed by atoms with E-state index >= 15 is 0 Å². The van der Waals surface area contributed by atoms with Gasteiger partial charge >= 0.3 is 0 Å². The second-order valence-corrected chi connectivity index (χ2v) is 20.0. The number of ketones is 3. The summed E-state index contributed by atoms with van der Waals surface area (Å²) in [6.07, 6.45) is 18.5. The minimum atomic E-state index is -0.244. The number of aromatic nitrogens is 6. The molecule has 6 aliphatic carbocycles. The third kappa shape index (κ3) is 8.11. The van der Waals surface area contributed by atoms with E-state index in [0.29, 0.717) is 30.5 Å². The van der Waals surface area contributed by atoms with Gasteiger partial charge in [0, 0.05) is 87.4 Å². The van der Waals surface area contributed by atoms with Crippen molar-refractivity contribution in [3.05, 3.63) is 161 Å². The highest BCUT2D eigenvalue weighted by Crippen LogP contribution is 2.51. The molecule has 0 saturated heterocycles. The van der Waals surface area contributed by atoms with Crippen molar-refractivity contribution < 1.29 is 17.1 Å². The van der Waals surface area contributed by atoms with Crippen LogP contribution in [0.25, 0.3) is 33.8 Å². The summed E-state index contributed by atoms with van der Waals surface area (Å²) in [6.45, 7) is 6.73. The summed E-state index contributed by atoms with van der Waals surface area (Å²) in [5.41, 5.74) is 15.8. The second-order valence-electron chi connectivity index (χ2n) is 20.0. The molecule has 3 aromatic heterocycles. The summed E-state index contributed by atoms with van der Waals surface area (Å²) in [6, 6.07) is 31.4. The number of rotatable bonds is 3. The zero-order chi connectivity index (χ0) is 50.0. The van der Waals surface area contributed by atoms with E-state index in [1.165, 1.54) is 76.5 Å².